The molecule has 0 unspecified atom stereocenters. The first kappa shape index (κ1) is 9.31. The second kappa shape index (κ2) is 2.93. The van der Waals surface area contributed by atoms with E-state index in [0.717, 1.165) is 0 Å². The third-order valence-corrected chi connectivity index (χ3v) is 2.89. The maximum absolute atomic E-state index is 11.0. The fourth-order valence-electron chi connectivity index (χ4n) is 1.28. The number of nitrogens with one attached hydrogen (secondary N) is 1. The molecular weight excluding hydrogens is 180 g/mol. The lowest BCUT2D eigenvalue weighted by atomic mass is 10.0. The molecule has 0 saturated carbocycles. The summed E-state index contributed by atoms with van der Waals surface area (Å²) in [7, 11) is -2.45. The Kier molecular flexibility index (Phi) is 2.27. The molecule has 1 rings (SSSR count). The number of rotatable bonds is 2. The van der Waals surface area contributed by atoms with E-state index in [1.165, 1.54) is 11.2 Å². The Morgan fingerprint density at radius 1 is 1.75 bits per heavy atom. The number of amides is 1. The Morgan fingerprint density at radius 2 is 2.25 bits per heavy atom. The van der Waals surface area contributed by atoms with E-state index < -0.39 is 15.8 Å². The lowest BCUT2D eigenvalue weighted by molar-refractivity contribution is 0.0896. The lowest BCUT2D eigenvalue weighted by Crippen LogP contribution is -2.51. The number of hydrogen-bond donors (Lipinski definition) is 2. The molecule has 0 radical (unpaired) electrons. The van der Waals surface area contributed by atoms with Crippen molar-refractivity contribution in [3.8, 4) is 0 Å². The Bertz CT molecular complexity index is 279. The van der Waals surface area contributed by atoms with Crippen LogP contribution in [0.1, 0.15) is 0 Å². The van der Waals surface area contributed by atoms with Crippen molar-refractivity contribution in [1.29, 1.82) is 4.78 Å². The maximum atomic E-state index is 11.0. The van der Waals surface area contributed by atoms with Crippen molar-refractivity contribution in [3.63, 3.8) is 0 Å². The van der Waals surface area contributed by atoms with E-state index in [1.807, 2.05) is 0 Å². The zero-order valence-electron chi connectivity index (χ0n) is 6.82. The minimum absolute atomic E-state index is 0.121. The molecule has 0 aliphatic carbocycles. The third kappa shape index (κ3) is 2.37. The van der Waals surface area contributed by atoms with Crippen molar-refractivity contribution in [2.45, 2.75) is 0 Å². The van der Waals surface area contributed by atoms with E-state index in [0.29, 0.717) is 18.8 Å². The van der Waals surface area contributed by atoms with E-state index in [2.05, 4.69) is 0 Å². The number of hydrogen-bond acceptors (Lipinski definition) is 3. The summed E-state index contributed by atoms with van der Waals surface area (Å²) in [6.07, 6.45) is 0.454. The summed E-state index contributed by atoms with van der Waals surface area (Å²) in [4.78, 5) is 11.6. The smallest absolute Gasteiger partial charge is 0.407 e. The molecule has 1 amide bonds. The van der Waals surface area contributed by atoms with Gasteiger partial charge in [0.25, 0.3) is 0 Å². The SMILES string of the molecule is C[S@](=N)(=O)CC1CN(C(=O)O)C1. The lowest BCUT2D eigenvalue weighted by Gasteiger charge is -2.36. The third-order valence-electron chi connectivity index (χ3n) is 1.78. The monoisotopic (exact) mass is 192 g/mol. The van der Waals surface area contributed by atoms with Gasteiger partial charge in [-0.3, -0.25) is 8.99 Å². The molecule has 0 aromatic carbocycles. The van der Waals surface area contributed by atoms with Gasteiger partial charge in [0, 0.05) is 40.7 Å². The van der Waals surface area contributed by atoms with Gasteiger partial charge < -0.3 is 10.0 Å². The molecule has 1 atom stereocenters. The first-order valence-corrected chi connectivity index (χ1v) is 5.71. The van der Waals surface area contributed by atoms with E-state index in [4.69, 9.17) is 9.89 Å². The average molecular weight is 192 g/mol. The highest BCUT2D eigenvalue weighted by Crippen LogP contribution is 2.16. The molecule has 2 N–H and O–H groups in total. The fourth-order valence-corrected chi connectivity index (χ4v) is 2.39. The van der Waals surface area contributed by atoms with Gasteiger partial charge in [0.2, 0.25) is 0 Å². The van der Waals surface area contributed by atoms with Crippen LogP contribution < -0.4 is 0 Å². The van der Waals surface area contributed by atoms with Crippen molar-refractivity contribution in [2.24, 2.45) is 5.92 Å². The van der Waals surface area contributed by atoms with Gasteiger partial charge in [-0.05, 0) is 0 Å². The molecule has 1 saturated heterocycles. The van der Waals surface area contributed by atoms with Crippen LogP contribution in [-0.4, -0.2) is 45.4 Å². The Hall–Kier alpha value is -0.780. The highest BCUT2D eigenvalue weighted by Gasteiger charge is 2.31. The molecule has 6 heteroatoms. The van der Waals surface area contributed by atoms with Crippen LogP contribution in [0.4, 0.5) is 4.79 Å². The van der Waals surface area contributed by atoms with Crippen LogP contribution in [0.5, 0.6) is 0 Å². The van der Waals surface area contributed by atoms with Gasteiger partial charge in [0.05, 0.1) is 0 Å². The maximum Gasteiger partial charge on any atom is 0.407 e. The highest BCUT2D eigenvalue weighted by molar-refractivity contribution is 7.91. The predicted molar refractivity (Wildman–Crippen MR) is 44.7 cm³/mol. The highest BCUT2D eigenvalue weighted by atomic mass is 32.2. The molecule has 5 nitrogen and oxygen atoms in total. The van der Waals surface area contributed by atoms with Crippen LogP contribution >= 0.6 is 0 Å². The van der Waals surface area contributed by atoms with Crippen molar-refractivity contribution >= 4 is 15.8 Å². The second-order valence-corrected chi connectivity index (χ2v) is 5.57. The van der Waals surface area contributed by atoms with Crippen LogP contribution in [0.25, 0.3) is 0 Å². The van der Waals surface area contributed by atoms with Gasteiger partial charge in [-0.2, -0.15) is 0 Å². The fraction of sp³-hybridized carbons (Fsp3) is 0.833. The van der Waals surface area contributed by atoms with Gasteiger partial charge in [-0.15, -0.1) is 0 Å². The van der Waals surface area contributed by atoms with E-state index >= 15 is 0 Å². The van der Waals surface area contributed by atoms with Gasteiger partial charge in [0.15, 0.2) is 0 Å². The summed E-state index contributed by atoms with van der Waals surface area (Å²) in [5.41, 5.74) is 0. The van der Waals surface area contributed by atoms with Crippen molar-refractivity contribution in [1.82, 2.24) is 4.90 Å². The van der Waals surface area contributed by atoms with Gasteiger partial charge >= 0.3 is 6.09 Å². The van der Waals surface area contributed by atoms with Gasteiger partial charge in [0.1, 0.15) is 0 Å². The minimum Gasteiger partial charge on any atom is -0.465 e. The van der Waals surface area contributed by atoms with E-state index in [1.54, 1.807) is 0 Å². The molecule has 0 bridgehead atoms. The van der Waals surface area contributed by atoms with Crippen molar-refractivity contribution < 1.29 is 14.1 Å². The standard InChI is InChI=1S/C6H12N2O3S/c1-12(7,11)4-5-2-8(3-5)6(9)10/h5,7H,2-4H2,1H3,(H,9,10)/t12-/m0/s1. The van der Waals surface area contributed by atoms with E-state index in [-0.39, 0.29) is 5.92 Å². The normalized spacial score (nSPS) is 22.9. The summed E-state index contributed by atoms with van der Waals surface area (Å²) >= 11 is 0. The minimum atomic E-state index is -2.45. The topological polar surface area (TPSA) is 81.5 Å². The summed E-state index contributed by atoms with van der Waals surface area (Å²) in [6.45, 7) is 0.859. The summed E-state index contributed by atoms with van der Waals surface area (Å²) in [5, 5.41) is 8.46. The van der Waals surface area contributed by atoms with Crippen molar-refractivity contribution in [2.75, 3.05) is 25.1 Å². The molecule has 1 aliphatic heterocycles. The molecule has 1 heterocycles. The molecule has 0 spiro atoms. The quantitative estimate of drug-likeness (QED) is 0.659. The van der Waals surface area contributed by atoms with E-state index in [9.17, 15) is 9.00 Å². The largest absolute Gasteiger partial charge is 0.465 e. The van der Waals surface area contributed by atoms with Gasteiger partial charge in [-0.25, -0.2) is 4.79 Å². The molecule has 0 aromatic heterocycles. The first-order valence-electron chi connectivity index (χ1n) is 3.58. The molecule has 1 fully saturated rings. The first-order chi connectivity index (χ1) is 5.38. The zero-order chi connectivity index (χ0) is 9.35. The second-order valence-electron chi connectivity index (χ2n) is 3.23. The van der Waals surface area contributed by atoms with Crippen LogP contribution in [-0.2, 0) is 9.73 Å². The molecule has 70 valence electrons. The van der Waals surface area contributed by atoms with Crippen molar-refractivity contribution in [3.05, 3.63) is 0 Å². The molecule has 12 heavy (non-hydrogen) atoms. The number of carboxylic acid groups (broad SMARTS) is 1. The van der Waals surface area contributed by atoms with Crippen LogP contribution in [0, 0.1) is 10.7 Å². The summed E-state index contributed by atoms with van der Waals surface area (Å²) in [5.74, 6) is 0.438. The van der Waals surface area contributed by atoms with Crippen LogP contribution in [0.2, 0.25) is 0 Å². The number of nitrogens with zero attached hydrogens (tertiary/aromatic N) is 1. The van der Waals surface area contributed by atoms with Crippen LogP contribution in [0.3, 0.4) is 0 Å². The summed E-state index contributed by atoms with van der Waals surface area (Å²) in [6, 6.07) is 0. The Morgan fingerprint density at radius 3 is 2.58 bits per heavy atom. The summed E-state index contributed by atoms with van der Waals surface area (Å²) < 4.78 is 18.1. The van der Waals surface area contributed by atoms with Gasteiger partial charge in [-0.1, -0.05) is 0 Å². The zero-order valence-corrected chi connectivity index (χ0v) is 7.63. The van der Waals surface area contributed by atoms with Crippen LogP contribution in [0.15, 0.2) is 0 Å². The molecule has 1 aliphatic rings. The molecule has 0 aromatic rings. The number of carbonyl (C=O) groups is 1. The Balaban J connectivity index is 2.32. The predicted octanol–water partition coefficient (Wildman–Crippen LogP) is 0.273. The number of likely N-dealkylation sites (tertiary alicyclic amines) is 1. The average Bonchev–Trinajstić information content (AvgIpc) is 1.74. The molecular formula is C6H12N2O3S. The Labute approximate surface area is 71.3 Å².